The predicted molar refractivity (Wildman–Crippen MR) is 92.2 cm³/mol. The molecule has 1 aliphatic rings. The Kier molecular flexibility index (Phi) is 6.42. The molecule has 23 heavy (non-hydrogen) atoms. The summed E-state index contributed by atoms with van der Waals surface area (Å²) in [6.45, 7) is 7.67. The lowest BCUT2D eigenvalue weighted by molar-refractivity contribution is -0.121. The molecule has 0 aliphatic carbocycles. The molecule has 2 atom stereocenters. The van der Waals surface area contributed by atoms with Crippen molar-refractivity contribution in [2.75, 3.05) is 26.7 Å². The molecule has 0 radical (unpaired) electrons. The zero-order valence-electron chi connectivity index (χ0n) is 14.4. The van der Waals surface area contributed by atoms with Gasteiger partial charge in [0.1, 0.15) is 5.75 Å². The van der Waals surface area contributed by atoms with Crippen LogP contribution < -0.4 is 15.8 Å². The number of likely N-dealkylation sites (tertiary alicyclic amines) is 1. The number of amides is 1. The van der Waals surface area contributed by atoms with Gasteiger partial charge in [-0.3, -0.25) is 4.79 Å². The lowest BCUT2D eigenvalue weighted by Gasteiger charge is -2.18. The number of carbonyl (C=O) groups is 1. The fraction of sp³-hybridized carbons (Fsp3) is 0.611. The fourth-order valence-corrected chi connectivity index (χ4v) is 3.12. The summed E-state index contributed by atoms with van der Waals surface area (Å²) in [6, 6.07) is 7.97. The van der Waals surface area contributed by atoms with E-state index in [4.69, 9.17) is 10.5 Å². The maximum absolute atomic E-state index is 12.0. The number of hydrogen-bond acceptors (Lipinski definition) is 4. The van der Waals surface area contributed by atoms with Gasteiger partial charge in [0.05, 0.1) is 7.11 Å². The van der Waals surface area contributed by atoms with E-state index >= 15 is 0 Å². The van der Waals surface area contributed by atoms with E-state index in [1.807, 2.05) is 24.3 Å². The number of ether oxygens (including phenoxy) is 1. The van der Waals surface area contributed by atoms with Crippen molar-refractivity contribution in [1.82, 2.24) is 10.2 Å². The van der Waals surface area contributed by atoms with Gasteiger partial charge in [0, 0.05) is 38.6 Å². The molecule has 0 bridgehead atoms. The Morgan fingerprint density at radius 1 is 1.35 bits per heavy atom. The molecule has 1 aromatic carbocycles. The molecule has 0 unspecified atom stereocenters. The first-order valence-corrected chi connectivity index (χ1v) is 8.37. The van der Waals surface area contributed by atoms with Crippen LogP contribution in [0.4, 0.5) is 0 Å². The fourth-order valence-electron chi connectivity index (χ4n) is 3.12. The number of methoxy groups -OCH3 is 1. The molecule has 1 aliphatic heterocycles. The Balaban J connectivity index is 1.69. The third-order valence-electron chi connectivity index (χ3n) is 4.65. The first kappa shape index (κ1) is 17.8. The Bertz CT molecular complexity index is 501. The number of nitrogens with one attached hydrogen (secondary N) is 1. The molecule has 1 saturated heterocycles. The highest BCUT2D eigenvalue weighted by Crippen LogP contribution is 2.22. The molecule has 1 amide bonds. The van der Waals surface area contributed by atoms with Crippen LogP contribution in [-0.2, 0) is 11.3 Å². The van der Waals surface area contributed by atoms with Crippen LogP contribution in [0.1, 0.15) is 25.8 Å². The van der Waals surface area contributed by atoms with Gasteiger partial charge in [-0.15, -0.1) is 0 Å². The summed E-state index contributed by atoms with van der Waals surface area (Å²) in [7, 11) is 1.64. The van der Waals surface area contributed by atoms with Gasteiger partial charge in [0.2, 0.25) is 5.91 Å². The number of rotatable bonds is 7. The lowest BCUT2D eigenvalue weighted by atomic mass is 9.92. The van der Waals surface area contributed by atoms with E-state index < -0.39 is 0 Å². The molecule has 1 fully saturated rings. The summed E-state index contributed by atoms with van der Waals surface area (Å²) in [4.78, 5) is 14.3. The van der Waals surface area contributed by atoms with Crippen LogP contribution in [0, 0.1) is 11.8 Å². The zero-order valence-corrected chi connectivity index (χ0v) is 14.4. The van der Waals surface area contributed by atoms with Crippen molar-refractivity contribution in [2.45, 2.75) is 32.9 Å². The summed E-state index contributed by atoms with van der Waals surface area (Å²) in [5, 5.41) is 2.97. The largest absolute Gasteiger partial charge is 0.497 e. The first-order valence-electron chi connectivity index (χ1n) is 8.37. The zero-order chi connectivity index (χ0) is 16.8. The van der Waals surface area contributed by atoms with Crippen LogP contribution in [-0.4, -0.2) is 43.6 Å². The molecule has 3 N–H and O–H groups in total. The molecule has 0 spiro atoms. The molecule has 1 heterocycles. The summed E-state index contributed by atoms with van der Waals surface area (Å²) < 4.78 is 5.12. The summed E-state index contributed by atoms with van der Waals surface area (Å²) in [5.41, 5.74) is 7.25. The van der Waals surface area contributed by atoms with E-state index in [-0.39, 0.29) is 11.9 Å². The lowest BCUT2D eigenvalue weighted by Crippen LogP contribution is -2.32. The maximum atomic E-state index is 12.0. The average molecular weight is 319 g/mol. The van der Waals surface area contributed by atoms with Gasteiger partial charge in [-0.1, -0.05) is 26.0 Å². The van der Waals surface area contributed by atoms with Gasteiger partial charge in [-0.2, -0.15) is 0 Å². The van der Waals surface area contributed by atoms with Crippen LogP contribution >= 0.6 is 0 Å². The maximum Gasteiger partial charge on any atom is 0.221 e. The highest BCUT2D eigenvalue weighted by molar-refractivity contribution is 5.76. The first-order chi connectivity index (χ1) is 11.0. The standard InChI is InChI=1S/C18H29N3O2/c1-13(2)16-11-21(12-17(16)19)9-8-18(22)20-10-14-4-6-15(23-3)7-5-14/h4-7,13,16-17H,8-12,19H2,1-3H3,(H,20,22)/t16-,17+/m0/s1. The Hall–Kier alpha value is -1.59. The smallest absolute Gasteiger partial charge is 0.221 e. The molecule has 1 aromatic rings. The second-order valence-electron chi connectivity index (χ2n) is 6.71. The van der Waals surface area contributed by atoms with Crippen molar-refractivity contribution in [3.05, 3.63) is 29.8 Å². The van der Waals surface area contributed by atoms with E-state index in [0.29, 0.717) is 24.8 Å². The van der Waals surface area contributed by atoms with E-state index in [1.165, 1.54) is 0 Å². The molecule has 5 heteroatoms. The van der Waals surface area contributed by atoms with Crippen molar-refractivity contribution in [3.8, 4) is 5.75 Å². The molecule has 128 valence electrons. The highest BCUT2D eigenvalue weighted by atomic mass is 16.5. The quantitative estimate of drug-likeness (QED) is 0.801. The van der Waals surface area contributed by atoms with Gasteiger partial charge in [-0.05, 0) is 29.5 Å². The molecule has 0 aromatic heterocycles. The molecule has 5 nitrogen and oxygen atoms in total. The van der Waals surface area contributed by atoms with Crippen LogP contribution in [0.5, 0.6) is 5.75 Å². The van der Waals surface area contributed by atoms with E-state index in [9.17, 15) is 4.79 Å². The number of nitrogens with zero attached hydrogens (tertiary/aromatic N) is 1. The van der Waals surface area contributed by atoms with Crippen molar-refractivity contribution in [2.24, 2.45) is 17.6 Å². The van der Waals surface area contributed by atoms with Gasteiger partial charge in [0.25, 0.3) is 0 Å². The van der Waals surface area contributed by atoms with E-state index in [1.54, 1.807) is 7.11 Å². The van der Waals surface area contributed by atoms with Crippen LogP contribution in [0.25, 0.3) is 0 Å². The SMILES string of the molecule is COc1ccc(CNC(=O)CCN2C[C@@H](N)[C@H](C(C)C)C2)cc1. The normalized spacial score (nSPS) is 21.6. The molecular formula is C18H29N3O2. The van der Waals surface area contributed by atoms with Crippen LogP contribution in [0.15, 0.2) is 24.3 Å². The second kappa shape index (κ2) is 8.31. The van der Waals surface area contributed by atoms with Crippen molar-refractivity contribution in [1.29, 1.82) is 0 Å². The Morgan fingerprint density at radius 3 is 2.61 bits per heavy atom. The topological polar surface area (TPSA) is 67.6 Å². The Morgan fingerprint density at radius 2 is 2.04 bits per heavy atom. The van der Waals surface area contributed by atoms with Gasteiger partial charge in [-0.25, -0.2) is 0 Å². The van der Waals surface area contributed by atoms with Crippen molar-refractivity contribution >= 4 is 5.91 Å². The van der Waals surface area contributed by atoms with Crippen molar-refractivity contribution < 1.29 is 9.53 Å². The highest BCUT2D eigenvalue weighted by Gasteiger charge is 2.31. The summed E-state index contributed by atoms with van der Waals surface area (Å²) in [5.74, 6) is 2.05. The minimum Gasteiger partial charge on any atom is -0.497 e. The molecule has 0 saturated carbocycles. The van der Waals surface area contributed by atoms with E-state index in [2.05, 4.69) is 24.1 Å². The summed E-state index contributed by atoms with van der Waals surface area (Å²) in [6.07, 6.45) is 0.522. The minimum absolute atomic E-state index is 0.0855. The number of benzene rings is 1. The molecule has 2 rings (SSSR count). The van der Waals surface area contributed by atoms with Gasteiger partial charge >= 0.3 is 0 Å². The minimum atomic E-state index is 0.0855. The van der Waals surface area contributed by atoms with Crippen molar-refractivity contribution in [3.63, 3.8) is 0 Å². The number of carbonyl (C=O) groups excluding carboxylic acids is 1. The third kappa shape index (κ3) is 5.22. The van der Waals surface area contributed by atoms with Crippen LogP contribution in [0.2, 0.25) is 0 Å². The number of nitrogens with two attached hydrogens (primary N) is 1. The second-order valence-corrected chi connectivity index (χ2v) is 6.71. The van der Waals surface area contributed by atoms with Crippen LogP contribution in [0.3, 0.4) is 0 Å². The monoisotopic (exact) mass is 319 g/mol. The summed E-state index contributed by atoms with van der Waals surface area (Å²) >= 11 is 0. The molecular weight excluding hydrogens is 290 g/mol. The number of hydrogen-bond donors (Lipinski definition) is 2. The predicted octanol–water partition coefficient (Wildman–Crippen LogP) is 1.62. The third-order valence-corrected chi connectivity index (χ3v) is 4.65. The van der Waals surface area contributed by atoms with E-state index in [0.717, 1.165) is 30.9 Å². The van der Waals surface area contributed by atoms with Gasteiger partial charge < -0.3 is 20.7 Å². The van der Waals surface area contributed by atoms with Gasteiger partial charge in [0.15, 0.2) is 0 Å². The Labute approximate surface area is 139 Å². The average Bonchev–Trinajstić information content (AvgIpc) is 2.92.